The van der Waals surface area contributed by atoms with Crippen LogP contribution in [0.3, 0.4) is 0 Å². The number of aromatic amines is 1. The predicted molar refractivity (Wildman–Crippen MR) is 142 cm³/mol. The molecule has 0 aliphatic rings. The molecule has 0 bridgehead atoms. The van der Waals surface area contributed by atoms with Crippen LogP contribution in [-0.4, -0.2) is 48.2 Å². The number of benzene rings is 1. The van der Waals surface area contributed by atoms with Crippen LogP contribution >= 0.6 is 11.3 Å². The molecule has 0 unspecified atom stereocenters. The number of hydrogen-bond acceptors (Lipinski definition) is 6. The van der Waals surface area contributed by atoms with Crippen molar-refractivity contribution in [1.82, 2.24) is 14.9 Å². The van der Waals surface area contributed by atoms with Gasteiger partial charge >= 0.3 is 0 Å². The van der Waals surface area contributed by atoms with Crippen LogP contribution < -0.4 is 11.1 Å². The fraction of sp³-hybridized carbons (Fsp3) is 0.346. The van der Waals surface area contributed by atoms with Gasteiger partial charge in [-0.25, -0.2) is 4.98 Å². The number of H-pyrrole nitrogens is 1. The molecular formula is C26H35N5OS. The number of hydrogen-bond donors (Lipinski definition) is 3. The van der Waals surface area contributed by atoms with Crippen molar-refractivity contribution >= 4 is 27.9 Å². The van der Waals surface area contributed by atoms with Crippen LogP contribution in [0, 0.1) is 0 Å². The van der Waals surface area contributed by atoms with Gasteiger partial charge in [-0.15, -0.1) is 11.3 Å². The van der Waals surface area contributed by atoms with Gasteiger partial charge in [0.1, 0.15) is 5.01 Å². The molecule has 0 saturated carbocycles. The number of para-hydroxylation sites is 1. The molecule has 3 rings (SSSR count). The third-order valence-electron chi connectivity index (χ3n) is 5.15. The first-order chi connectivity index (χ1) is 16.1. The van der Waals surface area contributed by atoms with Crippen LogP contribution in [0.15, 0.2) is 67.0 Å². The van der Waals surface area contributed by atoms with Gasteiger partial charge in [-0.1, -0.05) is 43.4 Å². The SMILES string of the molecule is C=C(/C=C\C=C/N)CCN(C)Cc1cnc(-c2cc3cccc(NCCOCCC)c3[nH]2)s1. The maximum absolute atomic E-state index is 5.58. The van der Waals surface area contributed by atoms with Gasteiger partial charge in [0.05, 0.1) is 23.5 Å². The molecule has 176 valence electrons. The molecule has 0 fully saturated rings. The molecule has 0 radical (unpaired) electrons. The predicted octanol–water partition coefficient (Wildman–Crippen LogP) is 5.54. The Morgan fingerprint density at radius 2 is 2.21 bits per heavy atom. The third-order valence-corrected chi connectivity index (χ3v) is 6.16. The van der Waals surface area contributed by atoms with Crippen LogP contribution in [-0.2, 0) is 11.3 Å². The molecule has 6 nitrogen and oxygen atoms in total. The highest BCUT2D eigenvalue weighted by molar-refractivity contribution is 7.15. The van der Waals surface area contributed by atoms with Gasteiger partial charge in [-0.05, 0) is 44.3 Å². The first-order valence-electron chi connectivity index (χ1n) is 11.4. The Labute approximate surface area is 200 Å². The van der Waals surface area contributed by atoms with Gasteiger partial charge in [0.25, 0.3) is 0 Å². The van der Waals surface area contributed by atoms with Crippen molar-refractivity contribution in [3.05, 3.63) is 71.9 Å². The summed E-state index contributed by atoms with van der Waals surface area (Å²) in [5.41, 5.74) is 9.67. The topological polar surface area (TPSA) is 79.2 Å². The number of nitrogens with one attached hydrogen (secondary N) is 2. The number of ether oxygens (including phenoxy) is 1. The van der Waals surface area contributed by atoms with Crippen molar-refractivity contribution in [1.29, 1.82) is 0 Å². The molecule has 2 aromatic heterocycles. The molecule has 33 heavy (non-hydrogen) atoms. The van der Waals surface area contributed by atoms with E-state index >= 15 is 0 Å². The second-order valence-corrected chi connectivity index (χ2v) is 9.13. The lowest BCUT2D eigenvalue weighted by Crippen LogP contribution is -2.18. The number of fused-ring (bicyclic) bond motifs is 1. The van der Waals surface area contributed by atoms with E-state index in [1.807, 2.05) is 18.3 Å². The normalized spacial score (nSPS) is 12.0. The number of nitrogens with two attached hydrogens (primary N) is 1. The smallest absolute Gasteiger partial charge is 0.139 e. The van der Waals surface area contributed by atoms with Crippen LogP contribution in [0.5, 0.6) is 0 Å². The quantitative estimate of drug-likeness (QED) is 0.215. The van der Waals surface area contributed by atoms with E-state index in [0.29, 0.717) is 6.61 Å². The minimum absolute atomic E-state index is 0.704. The molecule has 0 saturated heterocycles. The van der Waals surface area contributed by atoms with Gasteiger partial charge in [-0.3, -0.25) is 0 Å². The lowest BCUT2D eigenvalue weighted by Gasteiger charge is -2.15. The van der Waals surface area contributed by atoms with Crippen LogP contribution in [0.1, 0.15) is 24.6 Å². The molecule has 0 aliphatic heterocycles. The molecule has 0 atom stereocenters. The minimum Gasteiger partial charge on any atom is -0.405 e. The van der Waals surface area contributed by atoms with Crippen LogP contribution in [0.25, 0.3) is 21.6 Å². The Kier molecular flexibility index (Phi) is 9.75. The average molecular weight is 466 g/mol. The highest BCUT2D eigenvalue weighted by Crippen LogP contribution is 2.31. The summed E-state index contributed by atoms with van der Waals surface area (Å²) in [5, 5.41) is 5.66. The highest BCUT2D eigenvalue weighted by Gasteiger charge is 2.11. The standard InChI is InChI=1S/C26H35N5OS/c1-4-15-32-16-13-28-23-10-7-9-21-17-24(30-25(21)23)26-29-18-22(33-26)19-31(3)14-11-20(2)8-5-6-12-27/h5-10,12,17-18,28,30H,2,4,11,13-16,19,27H2,1,3H3/b8-5-,12-6-. The minimum atomic E-state index is 0.704. The van der Waals surface area contributed by atoms with Gasteiger partial charge in [0.15, 0.2) is 0 Å². The second-order valence-electron chi connectivity index (χ2n) is 8.01. The molecule has 2 heterocycles. The molecule has 1 aromatic carbocycles. The Hall–Kier alpha value is -2.87. The van der Waals surface area contributed by atoms with Crippen molar-refractivity contribution in [3.8, 4) is 10.7 Å². The first-order valence-corrected chi connectivity index (χ1v) is 12.2. The highest BCUT2D eigenvalue weighted by atomic mass is 32.1. The number of rotatable bonds is 14. The molecular weight excluding hydrogens is 430 g/mol. The molecule has 4 N–H and O–H groups in total. The van der Waals surface area contributed by atoms with Crippen molar-refractivity contribution in [2.45, 2.75) is 26.3 Å². The van der Waals surface area contributed by atoms with Crippen LogP contribution in [0.2, 0.25) is 0 Å². The van der Waals surface area contributed by atoms with Gasteiger partial charge in [0, 0.05) is 42.7 Å². The largest absolute Gasteiger partial charge is 0.405 e. The fourth-order valence-corrected chi connectivity index (χ4v) is 4.41. The van der Waals surface area contributed by atoms with Crippen LogP contribution in [0.4, 0.5) is 5.69 Å². The first kappa shape index (κ1) is 24.8. The zero-order valence-corrected chi connectivity index (χ0v) is 20.5. The van der Waals surface area contributed by atoms with E-state index in [9.17, 15) is 0 Å². The third kappa shape index (κ3) is 7.60. The monoisotopic (exact) mass is 465 g/mol. The Balaban J connectivity index is 1.58. The maximum atomic E-state index is 5.58. The maximum Gasteiger partial charge on any atom is 0.139 e. The molecule has 0 spiro atoms. The van der Waals surface area contributed by atoms with Gasteiger partial charge < -0.3 is 25.7 Å². The summed E-state index contributed by atoms with van der Waals surface area (Å²) in [7, 11) is 2.13. The van der Waals surface area contributed by atoms with Gasteiger partial charge in [0.2, 0.25) is 0 Å². The number of anilines is 1. The van der Waals surface area contributed by atoms with E-state index in [4.69, 9.17) is 10.5 Å². The molecule has 7 heteroatoms. The Morgan fingerprint density at radius 3 is 3.03 bits per heavy atom. The number of thiazole rings is 1. The van der Waals surface area contributed by atoms with Crippen molar-refractivity contribution in [2.75, 3.05) is 38.7 Å². The summed E-state index contributed by atoms with van der Waals surface area (Å²) in [5.74, 6) is 0. The fourth-order valence-electron chi connectivity index (χ4n) is 3.45. The molecule has 0 amide bonds. The summed E-state index contributed by atoms with van der Waals surface area (Å²) in [6.07, 6.45) is 11.2. The van der Waals surface area contributed by atoms with E-state index in [0.717, 1.165) is 66.6 Å². The van der Waals surface area contributed by atoms with Crippen molar-refractivity contribution in [3.63, 3.8) is 0 Å². The number of allylic oxidation sites excluding steroid dienone is 3. The average Bonchev–Trinajstić information content (AvgIpc) is 3.45. The van der Waals surface area contributed by atoms with E-state index in [-0.39, 0.29) is 0 Å². The molecule has 0 aliphatic carbocycles. The van der Waals surface area contributed by atoms with Gasteiger partial charge in [-0.2, -0.15) is 0 Å². The number of aromatic nitrogens is 2. The zero-order chi connectivity index (χ0) is 23.5. The van der Waals surface area contributed by atoms with Crippen molar-refractivity contribution in [2.24, 2.45) is 5.73 Å². The summed E-state index contributed by atoms with van der Waals surface area (Å²) in [6, 6.07) is 8.47. The van der Waals surface area contributed by atoms with E-state index in [2.05, 4.69) is 65.0 Å². The van der Waals surface area contributed by atoms with E-state index < -0.39 is 0 Å². The van der Waals surface area contributed by atoms with E-state index in [1.165, 1.54) is 16.5 Å². The zero-order valence-electron chi connectivity index (χ0n) is 19.6. The second kappa shape index (κ2) is 13.0. The lowest BCUT2D eigenvalue weighted by atomic mass is 10.2. The van der Waals surface area contributed by atoms with E-state index in [1.54, 1.807) is 17.4 Å². The Bertz CT molecular complexity index is 1080. The van der Waals surface area contributed by atoms with Crippen molar-refractivity contribution < 1.29 is 4.74 Å². The summed E-state index contributed by atoms with van der Waals surface area (Å²) < 4.78 is 5.58. The summed E-state index contributed by atoms with van der Waals surface area (Å²) in [6.45, 7) is 10.3. The number of nitrogens with zero attached hydrogens (tertiary/aromatic N) is 2. The lowest BCUT2D eigenvalue weighted by molar-refractivity contribution is 0.144. The summed E-state index contributed by atoms with van der Waals surface area (Å²) in [4.78, 5) is 11.8. The summed E-state index contributed by atoms with van der Waals surface area (Å²) >= 11 is 1.73. The Morgan fingerprint density at radius 1 is 1.33 bits per heavy atom. The molecule has 3 aromatic rings.